The Balaban J connectivity index is 1.43. The molecule has 4 heterocycles. The highest BCUT2D eigenvalue weighted by molar-refractivity contribution is 7.99. The summed E-state index contributed by atoms with van der Waals surface area (Å²) in [5, 5.41) is 9.09. The van der Waals surface area contributed by atoms with E-state index in [1.807, 2.05) is 6.92 Å². The fraction of sp³-hybridized carbons (Fsp3) is 0.368. The molecule has 0 aromatic carbocycles. The van der Waals surface area contributed by atoms with E-state index in [9.17, 15) is 4.79 Å². The lowest BCUT2D eigenvalue weighted by molar-refractivity contribution is 0.446. The third kappa shape index (κ3) is 3.08. The summed E-state index contributed by atoms with van der Waals surface area (Å²) in [6, 6.07) is 3.53. The number of nitrogens with one attached hydrogen (secondary N) is 1. The molecule has 144 valence electrons. The van der Waals surface area contributed by atoms with Gasteiger partial charge in [0.1, 0.15) is 10.7 Å². The molecule has 5 rings (SSSR count). The molecule has 0 fully saturated rings. The Labute approximate surface area is 168 Å². The molecule has 7 nitrogen and oxygen atoms in total. The average molecular weight is 415 g/mol. The number of hydrogen-bond donors (Lipinski definition) is 1. The van der Waals surface area contributed by atoms with Crippen LogP contribution in [0, 0.1) is 5.92 Å². The highest BCUT2D eigenvalue weighted by Gasteiger charge is 2.24. The molecule has 0 saturated carbocycles. The second-order valence-corrected chi connectivity index (χ2v) is 9.47. The number of hydrogen-bond acceptors (Lipinski definition) is 8. The maximum absolute atomic E-state index is 12.8. The Kier molecular flexibility index (Phi) is 4.36. The van der Waals surface area contributed by atoms with Crippen molar-refractivity contribution in [3.63, 3.8) is 0 Å². The van der Waals surface area contributed by atoms with Gasteiger partial charge < -0.3 is 13.8 Å². The van der Waals surface area contributed by atoms with Crippen molar-refractivity contribution in [3.05, 3.63) is 45.0 Å². The monoisotopic (exact) mass is 414 g/mol. The number of fused-ring (bicyclic) bond motifs is 3. The van der Waals surface area contributed by atoms with Crippen molar-refractivity contribution in [2.24, 2.45) is 5.92 Å². The van der Waals surface area contributed by atoms with Crippen LogP contribution in [0.4, 0.5) is 0 Å². The lowest BCUT2D eigenvalue weighted by Gasteiger charge is -2.17. The number of aromatic amines is 1. The summed E-state index contributed by atoms with van der Waals surface area (Å²) in [5.74, 6) is 2.14. The number of thioether (sulfide) groups is 1. The van der Waals surface area contributed by atoms with Gasteiger partial charge in [0.2, 0.25) is 0 Å². The van der Waals surface area contributed by atoms with E-state index in [-0.39, 0.29) is 10.8 Å². The van der Waals surface area contributed by atoms with E-state index >= 15 is 0 Å². The minimum atomic E-state index is -0.139. The Morgan fingerprint density at radius 2 is 2.29 bits per heavy atom. The molecule has 0 spiro atoms. The molecule has 2 atom stereocenters. The van der Waals surface area contributed by atoms with E-state index in [0.29, 0.717) is 28.6 Å². The van der Waals surface area contributed by atoms with Gasteiger partial charge in [-0.25, -0.2) is 4.98 Å². The predicted octanol–water partition coefficient (Wildman–Crippen LogP) is 4.61. The van der Waals surface area contributed by atoms with Gasteiger partial charge in [-0.3, -0.25) is 4.79 Å². The molecule has 0 amide bonds. The summed E-state index contributed by atoms with van der Waals surface area (Å²) in [7, 11) is 0. The molecule has 0 radical (unpaired) electrons. The Hall–Kier alpha value is -2.39. The second kappa shape index (κ2) is 6.89. The average Bonchev–Trinajstić information content (AvgIpc) is 3.40. The lowest BCUT2D eigenvalue weighted by atomic mass is 9.89. The first kappa shape index (κ1) is 17.7. The molecule has 9 heteroatoms. The van der Waals surface area contributed by atoms with Crippen LogP contribution in [0.2, 0.25) is 0 Å². The summed E-state index contributed by atoms with van der Waals surface area (Å²) >= 11 is 3.01. The SMILES string of the molecule is C[C@@H]1CCc2c(sc3nc([C@@H](C)Sc4nnc(-c5ccco5)o4)[nH]c(=O)c23)C1. The molecule has 1 aliphatic rings. The van der Waals surface area contributed by atoms with E-state index in [4.69, 9.17) is 13.8 Å². The molecular weight excluding hydrogens is 396 g/mol. The normalized spacial score (nSPS) is 17.7. The van der Waals surface area contributed by atoms with Gasteiger partial charge in [-0.2, -0.15) is 0 Å². The zero-order valence-corrected chi connectivity index (χ0v) is 17.0. The van der Waals surface area contributed by atoms with Gasteiger partial charge >= 0.3 is 0 Å². The highest BCUT2D eigenvalue weighted by atomic mass is 32.2. The lowest BCUT2D eigenvalue weighted by Crippen LogP contribution is -2.15. The Bertz CT molecular complexity index is 1190. The minimum absolute atomic E-state index is 0.0543. The van der Waals surface area contributed by atoms with Gasteiger partial charge in [0.15, 0.2) is 5.76 Å². The van der Waals surface area contributed by atoms with Crippen LogP contribution in [0.15, 0.2) is 37.2 Å². The number of aromatic nitrogens is 4. The molecule has 1 aliphatic carbocycles. The molecule has 0 saturated heterocycles. The van der Waals surface area contributed by atoms with E-state index < -0.39 is 0 Å². The van der Waals surface area contributed by atoms with Crippen molar-refractivity contribution in [3.8, 4) is 11.7 Å². The number of furan rings is 1. The smallest absolute Gasteiger partial charge is 0.284 e. The first-order chi connectivity index (χ1) is 13.6. The van der Waals surface area contributed by atoms with Gasteiger partial charge in [0, 0.05) is 4.88 Å². The molecule has 0 bridgehead atoms. The van der Waals surface area contributed by atoms with Gasteiger partial charge in [-0.05, 0) is 49.8 Å². The number of rotatable bonds is 4. The molecule has 0 aliphatic heterocycles. The molecule has 4 aromatic rings. The van der Waals surface area contributed by atoms with Gasteiger partial charge in [-0.1, -0.05) is 18.7 Å². The standard InChI is InChI=1S/C19H18N4O3S2/c1-9-5-6-11-13(8-9)28-18-14(11)16(24)20-15(21-18)10(2)27-19-23-22-17(26-19)12-4-3-7-25-12/h3-4,7,9-10H,5-6,8H2,1-2H3,(H,20,21,24)/t9-,10-/m1/s1. The van der Waals surface area contributed by atoms with Crippen molar-refractivity contribution in [2.75, 3.05) is 0 Å². The van der Waals surface area contributed by atoms with E-state index in [1.54, 1.807) is 29.7 Å². The van der Waals surface area contributed by atoms with E-state index in [0.717, 1.165) is 29.5 Å². The van der Waals surface area contributed by atoms with Gasteiger partial charge in [0.25, 0.3) is 16.7 Å². The van der Waals surface area contributed by atoms with Crippen LogP contribution in [-0.4, -0.2) is 20.2 Å². The summed E-state index contributed by atoms with van der Waals surface area (Å²) in [4.78, 5) is 22.6. The number of H-pyrrole nitrogens is 1. The number of aryl methyl sites for hydroxylation is 1. The van der Waals surface area contributed by atoms with Crippen LogP contribution in [0.3, 0.4) is 0 Å². The summed E-state index contributed by atoms with van der Waals surface area (Å²) in [5.41, 5.74) is 1.14. The van der Waals surface area contributed by atoms with Gasteiger partial charge in [0.05, 0.1) is 16.9 Å². The number of thiophene rings is 1. The molecule has 0 unspecified atom stereocenters. The van der Waals surface area contributed by atoms with Crippen molar-refractivity contribution < 1.29 is 8.83 Å². The van der Waals surface area contributed by atoms with E-state index in [2.05, 4.69) is 22.1 Å². The summed E-state index contributed by atoms with van der Waals surface area (Å²) < 4.78 is 10.9. The van der Waals surface area contributed by atoms with Crippen molar-refractivity contribution in [1.82, 2.24) is 20.2 Å². The molecule has 4 aromatic heterocycles. The Morgan fingerprint density at radius 3 is 3.11 bits per heavy atom. The van der Waals surface area contributed by atoms with Crippen LogP contribution in [0.5, 0.6) is 0 Å². The molecular formula is C19H18N4O3S2. The second-order valence-electron chi connectivity index (χ2n) is 7.09. The molecule has 1 N–H and O–H groups in total. The third-order valence-electron chi connectivity index (χ3n) is 4.98. The maximum Gasteiger partial charge on any atom is 0.284 e. The molecule has 28 heavy (non-hydrogen) atoms. The van der Waals surface area contributed by atoms with Crippen LogP contribution >= 0.6 is 23.1 Å². The van der Waals surface area contributed by atoms with Crippen LogP contribution in [0.25, 0.3) is 21.9 Å². The topological polar surface area (TPSA) is 97.8 Å². The first-order valence-corrected chi connectivity index (χ1v) is 10.9. The summed E-state index contributed by atoms with van der Waals surface area (Å²) in [6.45, 7) is 4.22. The fourth-order valence-electron chi connectivity index (χ4n) is 3.52. The predicted molar refractivity (Wildman–Crippen MR) is 108 cm³/mol. The maximum atomic E-state index is 12.8. The quantitative estimate of drug-likeness (QED) is 0.487. The fourth-order valence-corrected chi connectivity index (χ4v) is 5.65. The van der Waals surface area contributed by atoms with Gasteiger partial charge in [-0.15, -0.1) is 21.5 Å². The van der Waals surface area contributed by atoms with Crippen molar-refractivity contribution in [1.29, 1.82) is 0 Å². The van der Waals surface area contributed by atoms with Crippen LogP contribution in [0.1, 0.15) is 41.8 Å². The van der Waals surface area contributed by atoms with Crippen molar-refractivity contribution in [2.45, 2.75) is 43.6 Å². The first-order valence-electron chi connectivity index (χ1n) is 9.17. The zero-order valence-electron chi connectivity index (χ0n) is 15.4. The minimum Gasteiger partial charge on any atom is -0.459 e. The summed E-state index contributed by atoms with van der Waals surface area (Å²) in [6.07, 6.45) is 4.68. The Morgan fingerprint density at radius 1 is 1.39 bits per heavy atom. The van der Waals surface area contributed by atoms with Crippen LogP contribution in [-0.2, 0) is 12.8 Å². The zero-order chi connectivity index (χ0) is 19.3. The number of nitrogens with zero attached hydrogens (tertiary/aromatic N) is 3. The largest absolute Gasteiger partial charge is 0.459 e. The van der Waals surface area contributed by atoms with Crippen LogP contribution < -0.4 is 5.56 Å². The van der Waals surface area contributed by atoms with Crippen molar-refractivity contribution >= 4 is 33.3 Å². The van der Waals surface area contributed by atoms with E-state index in [1.165, 1.54) is 22.2 Å². The highest BCUT2D eigenvalue weighted by Crippen LogP contribution is 2.38. The third-order valence-corrected chi connectivity index (χ3v) is 7.08.